The molecule has 1 unspecified atom stereocenters. The summed E-state index contributed by atoms with van der Waals surface area (Å²) in [6.45, 7) is 2.76. The zero-order chi connectivity index (χ0) is 14.8. The summed E-state index contributed by atoms with van der Waals surface area (Å²) in [5.74, 6) is 1.39. The minimum atomic E-state index is -0.843. The number of imidazole rings is 1. The van der Waals surface area contributed by atoms with Gasteiger partial charge in [0.15, 0.2) is 11.5 Å². The highest BCUT2D eigenvalue weighted by Gasteiger charge is 2.22. The maximum atomic E-state index is 10.3. The molecule has 0 amide bonds. The van der Waals surface area contributed by atoms with Crippen LogP contribution in [0.2, 0.25) is 0 Å². The highest BCUT2D eigenvalue weighted by atomic mass is 16.3. The van der Waals surface area contributed by atoms with Crippen LogP contribution >= 0.6 is 0 Å². The number of fused-ring (bicyclic) bond motifs is 1. The summed E-state index contributed by atoms with van der Waals surface area (Å²) in [5, 5.41) is 16.5. The van der Waals surface area contributed by atoms with E-state index in [1.807, 2.05) is 42.8 Å². The van der Waals surface area contributed by atoms with Crippen LogP contribution in [0.1, 0.15) is 6.92 Å². The van der Waals surface area contributed by atoms with Gasteiger partial charge >= 0.3 is 0 Å². The Morgan fingerprint density at radius 1 is 1.45 bits per heavy atom. The molecule has 0 bridgehead atoms. The van der Waals surface area contributed by atoms with Gasteiger partial charge < -0.3 is 25.0 Å². The molecule has 0 aliphatic heterocycles. The van der Waals surface area contributed by atoms with E-state index in [0.717, 1.165) is 11.5 Å². The second-order valence-electron chi connectivity index (χ2n) is 5.47. The van der Waals surface area contributed by atoms with Crippen LogP contribution in [0.25, 0.3) is 5.65 Å². The molecule has 3 N–H and O–H groups in total. The van der Waals surface area contributed by atoms with E-state index >= 15 is 0 Å². The number of hydrogen-bond donors (Lipinski definition) is 3. The van der Waals surface area contributed by atoms with E-state index in [1.54, 1.807) is 13.1 Å². The summed E-state index contributed by atoms with van der Waals surface area (Å²) < 4.78 is 1.89. The fourth-order valence-corrected chi connectivity index (χ4v) is 2.18. The number of nitrogens with zero attached hydrogens (tertiary/aromatic N) is 4. The van der Waals surface area contributed by atoms with Crippen LogP contribution in [0.4, 0.5) is 11.6 Å². The van der Waals surface area contributed by atoms with Gasteiger partial charge in [-0.25, -0.2) is 9.97 Å². The molecule has 1 atom stereocenters. The third-order valence-electron chi connectivity index (χ3n) is 2.92. The van der Waals surface area contributed by atoms with E-state index in [9.17, 15) is 5.11 Å². The third kappa shape index (κ3) is 3.37. The van der Waals surface area contributed by atoms with Gasteiger partial charge in [0.05, 0.1) is 11.8 Å². The molecular formula is C13H22N6O. The lowest BCUT2D eigenvalue weighted by atomic mass is 10.1. The van der Waals surface area contributed by atoms with Gasteiger partial charge in [-0.2, -0.15) is 0 Å². The van der Waals surface area contributed by atoms with Crippen LogP contribution < -0.4 is 10.6 Å². The molecule has 0 aliphatic rings. The summed E-state index contributed by atoms with van der Waals surface area (Å²) in [6, 6.07) is 0. The van der Waals surface area contributed by atoms with Gasteiger partial charge in [-0.05, 0) is 21.0 Å². The summed E-state index contributed by atoms with van der Waals surface area (Å²) in [6.07, 6.45) is 5.45. The van der Waals surface area contributed by atoms with Crippen LogP contribution in [0.3, 0.4) is 0 Å². The van der Waals surface area contributed by atoms with Crippen LogP contribution in [0.15, 0.2) is 18.6 Å². The Balaban J connectivity index is 2.18. The Kier molecular flexibility index (Phi) is 4.10. The number of aliphatic hydroxyl groups is 1. The number of anilines is 2. The normalized spacial score (nSPS) is 14.5. The molecule has 0 radical (unpaired) electrons. The molecule has 7 nitrogen and oxygen atoms in total. The van der Waals surface area contributed by atoms with Gasteiger partial charge in [0.1, 0.15) is 5.82 Å². The lowest BCUT2D eigenvalue weighted by Gasteiger charge is -2.27. The Morgan fingerprint density at radius 2 is 2.20 bits per heavy atom. The van der Waals surface area contributed by atoms with Crippen LogP contribution in [-0.2, 0) is 0 Å². The van der Waals surface area contributed by atoms with E-state index in [1.165, 1.54) is 0 Å². The van der Waals surface area contributed by atoms with Crippen molar-refractivity contribution in [3.63, 3.8) is 0 Å². The van der Waals surface area contributed by atoms with Crippen molar-refractivity contribution >= 4 is 17.3 Å². The van der Waals surface area contributed by atoms with Gasteiger partial charge in [-0.15, -0.1) is 0 Å². The fraction of sp³-hybridized carbons (Fsp3) is 0.538. The molecule has 110 valence electrons. The third-order valence-corrected chi connectivity index (χ3v) is 2.92. The van der Waals surface area contributed by atoms with Crippen molar-refractivity contribution in [3.8, 4) is 0 Å². The molecule has 2 aromatic rings. The molecule has 0 aromatic carbocycles. The van der Waals surface area contributed by atoms with E-state index in [2.05, 4.69) is 20.6 Å². The van der Waals surface area contributed by atoms with Gasteiger partial charge in [-0.3, -0.25) is 0 Å². The molecule has 0 aliphatic carbocycles. The molecule has 2 heterocycles. The van der Waals surface area contributed by atoms with E-state index in [4.69, 9.17) is 0 Å². The first-order valence-corrected chi connectivity index (χ1v) is 6.54. The second kappa shape index (κ2) is 5.64. The molecule has 7 heteroatoms. The molecular weight excluding hydrogens is 256 g/mol. The molecule has 2 rings (SSSR count). The molecule has 0 spiro atoms. The molecule has 0 fully saturated rings. The minimum Gasteiger partial charge on any atom is -0.387 e. The second-order valence-corrected chi connectivity index (χ2v) is 5.47. The topological polar surface area (TPSA) is 77.7 Å². The Hall–Kier alpha value is -1.86. The van der Waals surface area contributed by atoms with Crippen molar-refractivity contribution in [2.24, 2.45) is 0 Å². The zero-order valence-corrected chi connectivity index (χ0v) is 12.4. The summed E-state index contributed by atoms with van der Waals surface area (Å²) in [7, 11) is 5.68. The SMILES string of the molecule is CNc1cn2ccnc2c(NCC(C)(O)CN(C)C)n1. The number of likely N-dealkylation sites (N-methyl/N-ethyl adjacent to an activating group) is 1. The number of aromatic nitrogens is 3. The largest absolute Gasteiger partial charge is 0.387 e. The monoisotopic (exact) mass is 278 g/mol. The van der Waals surface area contributed by atoms with Crippen molar-refractivity contribution < 1.29 is 5.11 Å². The zero-order valence-electron chi connectivity index (χ0n) is 12.4. The maximum absolute atomic E-state index is 10.3. The number of rotatable bonds is 6. The lowest BCUT2D eigenvalue weighted by molar-refractivity contribution is 0.0459. The quantitative estimate of drug-likeness (QED) is 0.714. The average molecular weight is 278 g/mol. The van der Waals surface area contributed by atoms with Crippen molar-refractivity contribution in [2.45, 2.75) is 12.5 Å². The van der Waals surface area contributed by atoms with Crippen molar-refractivity contribution in [1.82, 2.24) is 19.3 Å². The van der Waals surface area contributed by atoms with Crippen molar-refractivity contribution in [3.05, 3.63) is 18.6 Å². The minimum absolute atomic E-state index is 0.397. The number of nitrogens with one attached hydrogen (secondary N) is 2. The molecule has 0 saturated heterocycles. The van der Waals surface area contributed by atoms with Crippen LogP contribution in [0, 0.1) is 0 Å². The summed E-state index contributed by atoms with van der Waals surface area (Å²) >= 11 is 0. The van der Waals surface area contributed by atoms with Crippen LogP contribution in [0.5, 0.6) is 0 Å². The van der Waals surface area contributed by atoms with Gasteiger partial charge in [-0.1, -0.05) is 0 Å². The Labute approximate surface area is 118 Å². The van der Waals surface area contributed by atoms with Crippen molar-refractivity contribution in [2.75, 3.05) is 44.9 Å². The average Bonchev–Trinajstić information content (AvgIpc) is 2.82. The fourth-order valence-electron chi connectivity index (χ4n) is 2.18. The Morgan fingerprint density at radius 3 is 2.85 bits per heavy atom. The van der Waals surface area contributed by atoms with E-state index < -0.39 is 5.60 Å². The van der Waals surface area contributed by atoms with E-state index in [-0.39, 0.29) is 0 Å². The highest BCUT2D eigenvalue weighted by molar-refractivity contribution is 5.65. The first-order chi connectivity index (χ1) is 9.41. The molecule has 20 heavy (non-hydrogen) atoms. The molecule has 0 saturated carbocycles. The predicted molar refractivity (Wildman–Crippen MR) is 80.2 cm³/mol. The summed E-state index contributed by atoms with van der Waals surface area (Å²) in [4.78, 5) is 10.7. The standard InChI is InChI=1S/C13H22N6O/c1-13(20,9-18(3)4)8-16-11-12-15-5-6-19(12)7-10(14-2)17-11/h5-7,14,20H,8-9H2,1-4H3,(H,16,17). The Bertz CT molecular complexity index is 577. The van der Waals surface area contributed by atoms with Gasteiger partial charge in [0.2, 0.25) is 0 Å². The van der Waals surface area contributed by atoms with E-state index in [0.29, 0.717) is 18.9 Å². The predicted octanol–water partition coefficient (Wildman–Crippen LogP) is 0.495. The highest BCUT2D eigenvalue weighted by Crippen LogP contribution is 2.17. The van der Waals surface area contributed by atoms with Gasteiger partial charge in [0, 0.05) is 32.5 Å². The smallest absolute Gasteiger partial charge is 0.180 e. The first kappa shape index (κ1) is 14.5. The maximum Gasteiger partial charge on any atom is 0.180 e. The summed E-state index contributed by atoms with van der Waals surface area (Å²) in [5.41, 5.74) is -0.102. The first-order valence-electron chi connectivity index (χ1n) is 6.54. The van der Waals surface area contributed by atoms with Crippen LogP contribution in [-0.4, -0.2) is 64.2 Å². The lowest BCUT2D eigenvalue weighted by Crippen LogP contribution is -2.43. The van der Waals surface area contributed by atoms with Crippen molar-refractivity contribution in [1.29, 1.82) is 0 Å². The van der Waals surface area contributed by atoms with Gasteiger partial charge in [0.25, 0.3) is 0 Å². The number of hydrogen-bond acceptors (Lipinski definition) is 6. The molecule has 2 aromatic heterocycles.